The lowest BCUT2D eigenvalue weighted by molar-refractivity contribution is -0.145. The molecule has 0 heterocycles. The fourth-order valence-corrected chi connectivity index (χ4v) is 17.6. The zero-order valence-electron chi connectivity index (χ0n) is 70.0. The fourth-order valence-electron chi connectivity index (χ4n) is 8.91. The highest BCUT2D eigenvalue weighted by Gasteiger charge is 2.32. The van der Waals surface area contributed by atoms with Crippen molar-refractivity contribution in [3.8, 4) is 0 Å². The van der Waals surface area contributed by atoms with Gasteiger partial charge in [-0.3, -0.25) is 9.59 Å². The van der Waals surface area contributed by atoms with Crippen LogP contribution in [0.4, 0.5) is 9.59 Å². The van der Waals surface area contributed by atoms with Gasteiger partial charge in [0.2, 0.25) is 0 Å². The molecule has 1 unspecified atom stereocenters. The molecule has 0 saturated carbocycles. The highest BCUT2D eigenvalue weighted by atomic mass is 35.6. The minimum atomic E-state index is -1.11. The van der Waals surface area contributed by atoms with Gasteiger partial charge in [-0.05, 0) is 186 Å². The van der Waals surface area contributed by atoms with Crippen LogP contribution in [0.15, 0.2) is 101 Å². The number of thiocarbonyl (C=S) groups is 4. The van der Waals surface area contributed by atoms with Crippen LogP contribution in [0.1, 0.15) is 299 Å². The van der Waals surface area contributed by atoms with E-state index in [1.165, 1.54) is 232 Å². The molecule has 0 aromatic heterocycles. The summed E-state index contributed by atoms with van der Waals surface area (Å²) in [4.78, 5) is 53.8. The van der Waals surface area contributed by atoms with E-state index in [9.17, 15) is 24.0 Å². The lowest BCUT2D eigenvalue weighted by atomic mass is 9.93. The Morgan fingerprint density at radius 2 is 0.826 bits per heavy atom. The number of hydrogen-bond donors (Lipinski definition) is 6. The zero-order valence-corrected chi connectivity index (χ0v) is 80.5. The van der Waals surface area contributed by atoms with Gasteiger partial charge in [0.25, 0.3) is 0 Å². The molecule has 3 aromatic carbocycles. The molecule has 0 aliphatic carbocycles. The quantitative estimate of drug-likeness (QED) is 0.00450. The molecule has 1 atom stereocenters. The summed E-state index contributed by atoms with van der Waals surface area (Å²) >= 11 is 41.7. The second kappa shape index (κ2) is 92.7. The van der Waals surface area contributed by atoms with Crippen LogP contribution in [0.25, 0.3) is 0 Å². The third-order valence-electron chi connectivity index (χ3n) is 15.1. The Bertz CT molecular complexity index is 2680. The average molecular weight is 1860 g/mol. The lowest BCUT2D eigenvalue weighted by Gasteiger charge is -2.23. The Labute approximate surface area is 758 Å². The fraction of sp³-hybridized carbons (Fsp3) is 0.690. The largest absolute Gasteiger partial charge is 0.480 e. The van der Waals surface area contributed by atoms with Gasteiger partial charge in [0.1, 0.15) is 18.8 Å². The number of carbonyl (C=O) groups is 5. The topological polar surface area (TPSA) is 239 Å². The lowest BCUT2D eigenvalue weighted by Crippen LogP contribution is -2.37. The van der Waals surface area contributed by atoms with Crippen molar-refractivity contribution in [2.24, 2.45) is 15.6 Å². The van der Waals surface area contributed by atoms with E-state index in [1.807, 2.05) is 25.1 Å². The molecule has 3 rings (SSSR count). The van der Waals surface area contributed by atoms with Gasteiger partial charge >= 0.3 is 24.1 Å². The third kappa shape index (κ3) is 92.5. The molecule has 15 nitrogen and oxygen atoms in total. The van der Waals surface area contributed by atoms with E-state index in [1.54, 1.807) is 53.3 Å². The van der Waals surface area contributed by atoms with Crippen LogP contribution < -0.4 is 15.9 Å². The van der Waals surface area contributed by atoms with Crippen molar-refractivity contribution in [2.45, 2.75) is 325 Å². The summed E-state index contributed by atoms with van der Waals surface area (Å²) < 4.78 is 15.7. The predicted molar refractivity (Wildman–Crippen MR) is 532 cm³/mol. The summed E-state index contributed by atoms with van der Waals surface area (Å²) in [5.41, 5.74) is -1.11. The number of thiol groups is 1. The number of carboxylic acid groups (broad SMARTS) is 1. The van der Waals surface area contributed by atoms with Gasteiger partial charge in [0.15, 0.2) is 4.30 Å². The Morgan fingerprint density at radius 1 is 0.530 bits per heavy atom. The average Bonchev–Trinajstić information content (AvgIpc) is 0.822. The van der Waals surface area contributed by atoms with Crippen LogP contribution in [-0.2, 0) is 28.6 Å². The molecule has 670 valence electrons. The van der Waals surface area contributed by atoms with E-state index in [0.29, 0.717) is 17.1 Å². The van der Waals surface area contributed by atoms with Gasteiger partial charge in [0.05, 0.1) is 50.7 Å². The van der Waals surface area contributed by atoms with E-state index >= 15 is 0 Å². The number of aliphatic hydroxyl groups is 4. The number of rotatable bonds is 46. The Hall–Kier alpha value is -2.03. The van der Waals surface area contributed by atoms with Crippen molar-refractivity contribution in [3.63, 3.8) is 0 Å². The van der Waals surface area contributed by atoms with Crippen LogP contribution >= 0.6 is 150 Å². The first-order valence-corrected chi connectivity index (χ1v) is 48.6. The normalized spacial score (nSPS) is 10.7. The first kappa shape index (κ1) is 131. The van der Waals surface area contributed by atoms with Gasteiger partial charge in [-0.2, -0.15) is 23.1 Å². The van der Waals surface area contributed by atoms with Gasteiger partial charge in [-0.1, -0.05) is 362 Å². The molecule has 5 N–H and O–H groups in total. The van der Waals surface area contributed by atoms with Crippen molar-refractivity contribution >= 4 is 214 Å². The second-order valence-electron chi connectivity index (χ2n) is 27.5. The first-order valence-electron chi connectivity index (χ1n) is 39.3. The molecule has 0 aliphatic heterocycles. The number of thioether (sulfide) groups is 3. The number of benzene rings is 3. The summed E-state index contributed by atoms with van der Waals surface area (Å²) in [7, 11) is -0.0955. The summed E-state index contributed by atoms with van der Waals surface area (Å²) in [6.07, 6.45) is 34.9. The maximum Gasteiger partial charge on any atom is 0.452 e. The van der Waals surface area contributed by atoms with E-state index < -0.39 is 71.7 Å². The van der Waals surface area contributed by atoms with Crippen molar-refractivity contribution in [2.75, 3.05) is 56.0 Å². The van der Waals surface area contributed by atoms with E-state index in [0.717, 1.165) is 32.1 Å². The predicted octanol–water partition coefficient (Wildman–Crippen LogP) is 27.0. The van der Waals surface area contributed by atoms with Gasteiger partial charge in [0, 0.05) is 8.51 Å². The molecule has 28 heteroatoms. The number of Topliss-reactive ketones (excluding diaryl/α,β-unsaturated/α-hetero) is 1. The van der Waals surface area contributed by atoms with Crippen LogP contribution in [0, 0.1) is 5.41 Å². The summed E-state index contributed by atoms with van der Waals surface area (Å²) in [5.74, 6) is 8.12. The summed E-state index contributed by atoms with van der Waals surface area (Å²) in [5, 5.41) is 53.3. The number of esters is 1. The number of amides is 2. The Morgan fingerprint density at radius 3 is 1.12 bits per heavy atom. The summed E-state index contributed by atoms with van der Waals surface area (Å²) in [6, 6.07) is 32.3. The number of alkyl halides is 3. The van der Waals surface area contributed by atoms with E-state index in [2.05, 4.69) is 174 Å². The van der Waals surface area contributed by atoms with Crippen LogP contribution in [-0.4, -0.2) is 155 Å². The SMILES string of the molecule is C.C.C.C=S(CCCCC)CCCCCCC(=S)SC(C)(C)C(=O)O.CC(C)=O.CC(C)OC(=O)N=NC(=O)OC(C)C.CCCCCCCCCCCCS.CCCCCCCCCCCCSC(=S)SC(C)(C)C(=O)OCC.ClC(Cl)Cl.OCC(CO)(CO)CO.S=C=S.c1ccc(P(c2ccccc2)c2ccccc2)cc1. The number of aliphatic hydroxyl groups excluding tert-OH is 4. The minimum absolute atomic E-state index is 0. The zero-order chi connectivity index (χ0) is 86.3. The minimum Gasteiger partial charge on any atom is -0.480 e. The van der Waals surface area contributed by atoms with Crippen molar-refractivity contribution in [1.82, 2.24) is 0 Å². The number of nitrogens with zero attached hydrogens (tertiary/aromatic N) is 2. The second-order valence-corrected chi connectivity index (χ2v) is 41.2. The van der Waals surface area contributed by atoms with Crippen LogP contribution in [0.3, 0.4) is 0 Å². The van der Waals surface area contributed by atoms with Crippen LogP contribution in [0.5, 0.6) is 0 Å². The molecule has 0 aliphatic rings. The Balaban J connectivity index is -0.000000165. The number of ketones is 1. The number of azo groups is 1. The number of hydrogen-bond acceptors (Lipinski definition) is 20. The molecule has 115 heavy (non-hydrogen) atoms. The molecular formula is C87H154Cl3N2O13PS9. The standard InChI is InChI=1S/C19H36O2S3.C18H15P.C17H32O2S3.C12H26S.C8H14N2O4.C5H12O4.C3H6O.CHCl3.CS2.3CH4/c1-5-7-8-9-10-11-12-13-14-15-16-23-18(22)24-19(3,4)17(20)21-6-2;1-4-10-16(11-5-1)19(17-12-6-2-7-13-17)18-14-8-3-9-15-18;1-5-6-10-13-22(4)14-11-8-7-9-12-15(20)21-17(2,3)16(18)19;1-2-3-4-5-6-7-8-9-10-11-12-13;1-5(2)13-7(11)9-10-8(12)14-6(3)4;6-1-5(2-7,3-8)4-9;1-3(2)4;2-1(3)4;2-1-3;;;/h5-16H2,1-4H3;1-15H;4-14H2,1-3H3,(H,18,19);13H,2-12H2,1H3;5-6H,1-4H3;6-9H,1-4H2;1-2H3;1H;;3*1H4. The first-order chi connectivity index (χ1) is 53.1. The van der Waals surface area contributed by atoms with Crippen molar-refractivity contribution in [3.05, 3.63) is 91.0 Å². The highest BCUT2D eigenvalue weighted by molar-refractivity contribution is 8.47. The van der Waals surface area contributed by atoms with E-state index in [-0.39, 0.29) is 46.2 Å². The number of aliphatic carboxylic acids is 1. The van der Waals surface area contributed by atoms with Gasteiger partial charge in [-0.15, -0.1) is 23.5 Å². The molecule has 2 amide bonds. The van der Waals surface area contributed by atoms with Crippen molar-refractivity contribution < 1.29 is 63.7 Å². The monoisotopic (exact) mass is 1860 g/mol. The summed E-state index contributed by atoms with van der Waals surface area (Å²) in [6.45, 7) is 24.3. The molecular weight excluding hydrogens is 1710 g/mol. The van der Waals surface area contributed by atoms with E-state index in [4.69, 9.17) is 89.5 Å². The molecule has 0 fully saturated rings. The highest BCUT2D eigenvalue weighted by Crippen LogP contribution is 2.34. The number of unbranched alkanes of at least 4 members (excludes halogenated alkanes) is 23. The van der Waals surface area contributed by atoms with Crippen molar-refractivity contribution in [1.29, 1.82) is 0 Å². The van der Waals surface area contributed by atoms with Crippen LogP contribution in [0.2, 0.25) is 0 Å². The molecule has 0 spiro atoms. The smallest absolute Gasteiger partial charge is 0.452 e. The number of carboxylic acids is 1. The number of halogens is 3. The third-order valence-corrected chi connectivity index (χ3v) is 23.9. The maximum atomic E-state index is 11.8. The molecule has 0 saturated heterocycles. The molecule has 3 aromatic rings. The number of ether oxygens (including phenoxy) is 3. The molecule has 0 bridgehead atoms. The Kier molecular flexibility index (Phi) is 106. The van der Waals surface area contributed by atoms with Gasteiger partial charge < -0.3 is 44.5 Å². The maximum absolute atomic E-state index is 11.8. The number of carbonyl (C=O) groups excluding carboxylic acids is 4. The van der Waals surface area contributed by atoms with Gasteiger partial charge in [-0.25, -0.2) is 9.59 Å². The molecule has 0 radical (unpaired) electrons.